The Hall–Kier alpha value is -7.17. The van der Waals surface area contributed by atoms with Gasteiger partial charge >= 0.3 is 0 Å². The van der Waals surface area contributed by atoms with Gasteiger partial charge in [0, 0.05) is 39.2 Å². The van der Waals surface area contributed by atoms with Crippen LogP contribution < -0.4 is 0 Å². The summed E-state index contributed by atoms with van der Waals surface area (Å²) < 4.78 is 2.18. The van der Waals surface area contributed by atoms with Crippen LogP contribution in [0.25, 0.3) is 94.7 Å². The molecule has 0 fully saturated rings. The fraction of sp³-hybridized carbons (Fsp3) is 0. The lowest BCUT2D eigenvalue weighted by molar-refractivity contribution is 1.19. The predicted octanol–water partition coefficient (Wildman–Crippen LogP) is 12.4. The van der Waals surface area contributed by atoms with Crippen LogP contribution in [0.1, 0.15) is 0 Å². The van der Waals surface area contributed by atoms with Crippen LogP contribution in [-0.2, 0) is 0 Å². The first-order chi connectivity index (χ1) is 26.3. The Kier molecular flexibility index (Phi) is 7.43. The number of aromatic nitrogens is 4. The number of benzene rings is 7. The third-order valence-electron chi connectivity index (χ3n) is 10.0. The van der Waals surface area contributed by atoms with Crippen molar-refractivity contribution in [2.45, 2.75) is 0 Å². The van der Waals surface area contributed by atoms with Crippen molar-refractivity contribution < 1.29 is 0 Å². The van der Waals surface area contributed by atoms with Crippen molar-refractivity contribution >= 4 is 27.3 Å². The highest BCUT2D eigenvalue weighted by Crippen LogP contribution is 2.38. The molecular weight excluding hydrogens is 645 g/mol. The first-order valence-electron chi connectivity index (χ1n) is 17.9. The molecular formula is C49H32N4. The summed E-state index contributed by atoms with van der Waals surface area (Å²) in [6.07, 6.45) is 2.09. The van der Waals surface area contributed by atoms with E-state index in [1.807, 2.05) is 18.2 Å². The predicted molar refractivity (Wildman–Crippen MR) is 218 cm³/mol. The van der Waals surface area contributed by atoms with Gasteiger partial charge in [-0.3, -0.25) is 4.40 Å². The molecule has 10 aromatic rings. The Bertz CT molecular complexity index is 2910. The number of hydrogen-bond donors (Lipinski definition) is 0. The van der Waals surface area contributed by atoms with Crippen molar-refractivity contribution in [1.29, 1.82) is 0 Å². The van der Waals surface area contributed by atoms with E-state index in [-0.39, 0.29) is 0 Å². The normalized spacial score (nSPS) is 11.4. The smallest absolute Gasteiger partial charge is 0.160 e. The molecule has 3 aromatic heterocycles. The zero-order valence-electron chi connectivity index (χ0n) is 28.8. The molecule has 10 rings (SSSR count). The average Bonchev–Trinajstić information content (AvgIpc) is 3.64. The zero-order valence-corrected chi connectivity index (χ0v) is 28.8. The van der Waals surface area contributed by atoms with Crippen LogP contribution in [0, 0.1) is 0 Å². The summed E-state index contributed by atoms with van der Waals surface area (Å²) in [5.41, 5.74) is 13.5. The van der Waals surface area contributed by atoms with Crippen LogP contribution in [-0.4, -0.2) is 19.4 Å². The quantitative estimate of drug-likeness (QED) is 0.165. The monoisotopic (exact) mass is 676 g/mol. The van der Waals surface area contributed by atoms with Crippen LogP contribution in [0.4, 0.5) is 0 Å². The Morgan fingerprint density at radius 1 is 0.340 bits per heavy atom. The molecule has 248 valence electrons. The molecule has 0 spiro atoms. The lowest BCUT2D eigenvalue weighted by atomic mass is 9.94. The van der Waals surface area contributed by atoms with Crippen molar-refractivity contribution in [3.8, 4) is 67.4 Å². The second kappa shape index (κ2) is 12.9. The molecule has 0 amide bonds. The van der Waals surface area contributed by atoms with Gasteiger partial charge in [-0.2, -0.15) is 0 Å². The third-order valence-corrected chi connectivity index (χ3v) is 10.0. The molecule has 4 heteroatoms. The second-order valence-electron chi connectivity index (χ2n) is 13.3. The fourth-order valence-electron chi connectivity index (χ4n) is 7.42. The maximum absolute atomic E-state index is 5.32. The lowest BCUT2D eigenvalue weighted by Crippen LogP contribution is -1.97. The third kappa shape index (κ3) is 5.54. The molecule has 7 aromatic carbocycles. The zero-order chi connectivity index (χ0) is 35.1. The summed E-state index contributed by atoms with van der Waals surface area (Å²) in [5.74, 6) is 0.696. The second-order valence-corrected chi connectivity index (χ2v) is 13.3. The van der Waals surface area contributed by atoms with Crippen LogP contribution in [0.5, 0.6) is 0 Å². The Balaban J connectivity index is 1.15. The minimum Gasteiger partial charge on any atom is -0.299 e. The molecule has 0 bridgehead atoms. The van der Waals surface area contributed by atoms with E-state index in [1.54, 1.807) is 0 Å². The van der Waals surface area contributed by atoms with E-state index in [9.17, 15) is 0 Å². The molecule has 4 nitrogen and oxygen atoms in total. The number of nitrogens with zero attached hydrogens (tertiary/aromatic N) is 4. The van der Waals surface area contributed by atoms with Crippen LogP contribution in [0.15, 0.2) is 194 Å². The van der Waals surface area contributed by atoms with Gasteiger partial charge in [-0.25, -0.2) is 15.0 Å². The molecule has 0 saturated carbocycles. The van der Waals surface area contributed by atoms with E-state index >= 15 is 0 Å². The van der Waals surface area contributed by atoms with Crippen molar-refractivity contribution in [2.24, 2.45) is 0 Å². The summed E-state index contributed by atoms with van der Waals surface area (Å²) in [5, 5.41) is 3.31. The molecule has 0 aliphatic rings. The van der Waals surface area contributed by atoms with Crippen LogP contribution in [0.2, 0.25) is 0 Å². The van der Waals surface area contributed by atoms with E-state index in [0.717, 1.165) is 88.9 Å². The maximum atomic E-state index is 5.32. The largest absolute Gasteiger partial charge is 0.299 e. The van der Waals surface area contributed by atoms with Gasteiger partial charge < -0.3 is 0 Å². The van der Waals surface area contributed by atoms with Gasteiger partial charge in [-0.05, 0) is 64.0 Å². The maximum Gasteiger partial charge on any atom is 0.160 e. The SMILES string of the molecule is c1ccc(-c2cc(-c3ccc(-c4c(-c5ccccc5)nc5ccccn45)cc3)cc(-c3nc(-c4ccccc4)c4ccc5ccccc5c4n3)c2)cc1. The molecule has 0 aliphatic heterocycles. The molecule has 0 N–H and O–H groups in total. The number of rotatable bonds is 6. The van der Waals surface area contributed by atoms with Gasteiger partial charge in [0.05, 0.1) is 22.6 Å². The Morgan fingerprint density at radius 2 is 0.906 bits per heavy atom. The lowest BCUT2D eigenvalue weighted by Gasteiger charge is -2.14. The Labute approximate surface area is 307 Å². The van der Waals surface area contributed by atoms with Gasteiger partial charge in [0.2, 0.25) is 0 Å². The van der Waals surface area contributed by atoms with E-state index in [2.05, 4.69) is 180 Å². The highest BCUT2D eigenvalue weighted by atomic mass is 15.0. The standard InChI is InChI=1S/C49H32N4/c1-4-14-33(15-5-1)39-30-40(34-23-25-38(26-24-34)48-46(37-19-8-3-9-20-37)50-44-22-12-13-29-53(44)48)32-41(31-39)49-51-45(36-17-6-2-7-18-36)43-28-27-35-16-10-11-21-42(35)47(43)52-49/h1-32H. The molecule has 0 saturated heterocycles. The van der Waals surface area contributed by atoms with Crippen molar-refractivity contribution in [3.05, 3.63) is 194 Å². The molecule has 0 atom stereocenters. The summed E-state index contributed by atoms with van der Waals surface area (Å²) in [6.45, 7) is 0. The summed E-state index contributed by atoms with van der Waals surface area (Å²) in [7, 11) is 0. The van der Waals surface area contributed by atoms with E-state index in [1.165, 1.54) is 0 Å². The molecule has 0 radical (unpaired) electrons. The van der Waals surface area contributed by atoms with Crippen molar-refractivity contribution in [2.75, 3.05) is 0 Å². The Morgan fingerprint density at radius 3 is 1.62 bits per heavy atom. The van der Waals surface area contributed by atoms with Gasteiger partial charge in [-0.15, -0.1) is 0 Å². The minimum atomic E-state index is 0.696. The van der Waals surface area contributed by atoms with Crippen LogP contribution in [0.3, 0.4) is 0 Å². The number of imidazole rings is 1. The minimum absolute atomic E-state index is 0.696. The van der Waals surface area contributed by atoms with E-state index < -0.39 is 0 Å². The van der Waals surface area contributed by atoms with E-state index in [4.69, 9.17) is 15.0 Å². The number of hydrogen-bond acceptors (Lipinski definition) is 3. The number of fused-ring (bicyclic) bond motifs is 4. The van der Waals surface area contributed by atoms with Gasteiger partial charge in [-0.1, -0.05) is 152 Å². The number of pyridine rings is 1. The molecule has 3 heterocycles. The van der Waals surface area contributed by atoms with E-state index in [0.29, 0.717) is 5.82 Å². The van der Waals surface area contributed by atoms with Crippen molar-refractivity contribution in [1.82, 2.24) is 19.4 Å². The first kappa shape index (κ1) is 30.6. The highest BCUT2D eigenvalue weighted by Gasteiger charge is 2.18. The highest BCUT2D eigenvalue weighted by molar-refractivity contribution is 6.09. The first-order valence-corrected chi connectivity index (χ1v) is 17.9. The van der Waals surface area contributed by atoms with Gasteiger partial charge in [0.25, 0.3) is 0 Å². The topological polar surface area (TPSA) is 43.1 Å². The fourth-order valence-corrected chi connectivity index (χ4v) is 7.42. The summed E-state index contributed by atoms with van der Waals surface area (Å²) in [4.78, 5) is 15.7. The van der Waals surface area contributed by atoms with Gasteiger partial charge in [0.1, 0.15) is 5.65 Å². The molecule has 0 unspecified atom stereocenters. The summed E-state index contributed by atoms with van der Waals surface area (Å²) in [6, 6.07) is 65.9. The van der Waals surface area contributed by atoms with Crippen LogP contribution >= 0.6 is 0 Å². The van der Waals surface area contributed by atoms with Gasteiger partial charge in [0.15, 0.2) is 5.82 Å². The van der Waals surface area contributed by atoms with Crippen molar-refractivity contribution in [3.63, 3.8) is 0 Å². The molecule has 0 aliphatic carbocycles. The average molecular weight is 677 g/mol. The summed E-state index contributed by atoms with van der Waals surface area (Å²) >= 11 is 0. The molecule has 53 heavy (non-hydrogen) atoms.